The van der Waals surface area contributed by atoms with Gasteiger partial charge in [0.25, 0.3) is 5.56 Å². The van der Waals surface area contributed by atoms with E-state index in [1.54, 1.807) is 0 Å². The molecule has 2 aromatic carbocycles. The SMILES string of the molecule is Cc1cccc(OCc2cc(=O)n3nc(-c4ccccc4)nc3[nH]2)c1C1CCC1. The molecule has 1 aliphatic rings. The maximum absolute atomic E-state index is 12.5. The van der Waals surface area contributed by atoms with Crippen molar-refractivity contribution in [2.24, 2.45) is 0 Å². The van der Waals surface area contributed by atoms with Crippen LogP contribution in [0.15, 0.2) is 59.4 Å². The van der Waals surface area contributed by atoms with Gasteiger partial charge in [-0.05, 0) is 37.3 Å². The van der Waals surface area contributed by atoms with Gasteiger partial charge in [-0.2, -0.15) is 9.50 Å². The molecular weight excluding hydrogens is 364 g/mol. The minimum atomic E-state index is -0.226. The highest BCUT2D eigenvalue weighted by molar-refractivity contribution is 5.56. The second-order valence-electron chi connectivity index (χ2n) is 7.57. The zero-order chi connectivity index (χ0) is 19.8. The van der Waals surface area contributed by atoms with Gasteiger partial charge < -0.3 is 9.72 Å². The molecule has 2 aromatic heterocycles. The second kappa shape index (κ2) is 7.20. The van der Waals surface area contributed by atoms with E-state index < -0.39 is 0 Å². The monoisotopic (exact) mass is 386 g/mol. The minimum Gasteiger partial charge on any atom is -0.487 e. The molecule has 1 aliphatic carbocycles. The maximum atomic E-state index is 12.5. The van der Waals surface area contributed by atoms with Gasteiger partial charge in [-0.1, -0.05) is 48.9 Å². The lowest BCUT2D eigenvalue weighted by molar-refractivity contribution is 0.289. The molecule has 1 N–H and O–H groups in total. The zero-order valence-electron chi connectivity index (χ0n) is 16.3. The summed E-state index contributed by atoms with van der Waals surface area (Å²) in [6, 6.07) is 17.3. The zero-order valence-corrected chi connectivity index (χ0v) is 16.3. The molecule has 0 bridgehead atoms. The fourth-order valence-corrected chi connectivity index (χ4v) is 3.88. The van der Waals surface area contributed by atoms with Crippen LogP contribution < -0.4 is 10.3 Å². The number of nitrogens with zero attached hydrogens (tertiary/aromatic N) is 3. The van der Waals surface area contributed by atoms with E-state index in [2.05, 4.69) is 28.1 Å². The number of rotatable bonds is 5. The highest BCUT2D eigenvalue weighted by Gasteiger charge is 2.24. The van der Waals surface area contributed by atoms with Crippen LogP contribution in [-0.2, 0) is 6.61 Å². The lowest BCUT2D eigenvalue weighted by Gasteiger charge is -2.29. The predicted molar refractivity (Wildman–Crippen MR) is 111 cm³/mol. The molecule has 29 heavy (non-hydrogen) atoms. The van der Waals surface area contributed by atoms with Crippen LogP contribution in [0.5, 0.6) is 5.75 Å². The fraction of sp³-hybridized carbons (Fsp3) is 0.261. The third-order valence-corrected chi connectivity index (χ3v) is 5.60. The first-order chi connectivity index (χ1) is 14.2. The molecule has 146 valence electrons. The summed E-state index contributed by atoms with van der Waals surface area (Å²) in [4.78, 5) is 20.2. The molecule has 5 rings (SSSR count). The van der Waals surface area contributed by atoms with Crippen molar-refractivity contribution in [3.05, 3.63) is 81.8 Å². The first-order valence-corrected chi connectivity index (χ1v) is 9.96. The lowest BCUT2D eigenvalue weighted by atomic mass is 9.78. The van der Waals surface area contributed by atoms with Crippen molar-refractivity contribution in [1.82, 2.24) is 19.6 Å². The van der Waals surface area contributed by atoms with Gasteiger partial charge in [0.2, 0.25) is 5.78 Å². The van der Waals surface area contributed by atoms with E-state index in [9.17, 15) is 4.79 Å². The van der Waals surface area contributed by atoms with Crippen LogP contribution in [-0.4, -0.2) is 19.6 Å². The number of aryl methyl sites for hydroxylation is 1. The van der Waals surface area contributed by atoms with E-state index in [1.807, 2.05) is 42.5 Å². The Morgan fingerprint density at radius 3 is 2.72 bits per heavy atom. The molecule has 1 fully saturated rings. The smallest absolute Gasteiger partial charge is 0.276 e. The van der Waals surface area contributed by atoms with Gasteiger partial charge in [0, 0.05) is 17.2 Å². The van der Waals surface area contributed by atoms with E-state index in [-0.39, 0.29) is 12.2 Å². The van der Waals surface area contributed by atoms with Gasteiger partial charge in [-0.15, -0.1) is 5.10 Å². The van der Waals surface area contributed by atoms with Gasteiger partial charge in [-0.25, -0.2) is 0 Å². The van der Waals surface area contributed by atoms with E-state index in [4.69, 9.17) is 4.74 Å². The summed E-state index contributed by atoms with van der Waals surface area (Å²) < 4.78 is 7.42. The minimum absolute atomic E-state index is 0.226. The summed E-state index contributed by atoms with van der Waals surface area (Å²) in [5, 5.41) is 4.33. The van der Waals surface area contributed by atoms with Crippen LogP contribution in [0.3, 0.4) is 0 Å². The quantitative estimate of drug-likeness (QED) is 0.557. The number of aromatic nitrogens is 4. The Morgan fingerprint density at radius 2 is 1.97 bits per heavy atom. The molecule has 6 nitrogen and oxygen atoms in total. The number of nitrogens with one attached hydrogen (secondary N) is 1. The second-order valence-corrected chi connectivity index (χ2v) is 7.57. The number of fused-ring (bicyclic) bond motifs is 1. The molecule has 0 atom stereocenters. The highest BCUT2D eigenvalue weighted by Crippen LogP contribution is 2.42. The van der Waals surface area contributed by atoms with Gasteiger partial charge in [0.1, 0.15) is 12.4 Å². The topological polar surface area (TPSA) is 72.3 Å². The van der Waals surface area contributed by atoms with Crippen molar-refractivity contribution in [1.29, 1.82) is 0 Å². The summed E-state index contributed by atoms with van der Waals surface area (Å²) in [5.41, 5.74) is 3.88. The largest absolute Gasteiger partial charge is 0.487 e. The average molecular weight is 386 g/mol. The Balaban J connectivity index is 1.43. The molecule has 0 spiro atoms. The average Bonchev–Trinajstić information content (AvgIpc) is 3.13. The number of hydrogen-bond acceptors (Lipinski definition) is 4. The summed E-state index contributed by atoms with van der Waals surface area (Å²) in [6.07, 6.45) is 3.71. The Kier molecular flexibility index (Phi) is 4.39. The summed E-state index contributed by atoms with van der Waals surface area (Å²) in [6.45, 7) is 2.41. The Morgan fingerprint density at radius 1 is 1.14 bits per heavy atom. The standard InChI is InChI=1S/C23H22N4O2/c1-15-7-5-12-19(21(15)16-10-6-11-16)29-14-18-13-20(28)27-23(24-18)25-22(26-27)17-8-3-2-4-9-17/h2-5,7-9,12-13,16H,6,10-11,14H2,1H3,(H,24,25,26). The summed E-state index contributed by atoms with van der Waals surface area (Å²) >= 11 is 0. The number of aromatic amines is 1. The molecule has 0 unspecified atom stereocenters. The Bertz CT molecular complexity index is 1220. The van der Waals surface area contributed by atoms with E-state index >= 15 is 0 Å². The van der Waals surface area contributed by atoms with Crippen molar-refractivity contribution in [2.75, 3.05) is 0 Å². The first-order valence-electron chi connectivity index (χ1n) is 9.96. The number of hydrogen-bond donors (Lipinski definition) is 1. The van der Waals surface area contributed by atoms with Crippen LogP contribution in [0.25, 0.3) is 17.2 Å². The molecule has 0 aliphatic heterocycles. The van der Waals surface area contributed by atoms with Crippen LogP contribution >= 0.6 is 0 Å². The number of benzene rings is 2. The van der Waals surface area contributed by atoms with Crippen molar-refractivity contribution in [2.45, 2.75) is 38.7 Å². The fourth-order valence-electron chi connectivity index (χ4n) is 3.88. The van der Waals surface area contributed by atoms with Crippen molar-refractivity contribution >= 4 is 5.78 Å². The van der Waals surface area contributed by atoms with Crippen LogP contribution in [0.2, 0.25) is 0 Å². The Hall–Kier alpha value is -3.41. The Labute approximate surface area is 168 Å². The molecule has 0 amide bonds. The number of ether oxygens (including phenoxy) is 1. The third-order valence-electron chi connectivity index (χ3n) is 5.60. The highest BCUT2D eigenvalue weighted by atomic mass is 16.5. The predicted octanol–water partition coefficient (Wildman–Crippen LogP) is 4.24. The molecular formula is C23H22N4O2. The molecule has 6 heteroatoms. The van der Waals surface area contributed by atoms with Crippen molar-refractivity contribution in [3.8, 4) is 17.1 Å². The van der Waals surface area contributed by atoms with Gasteiger partial charge in [-0.3, -0.25) is 4.79 Å². The van der Waals surface area contributed by atoms with Crippen molar-refractivity contribution < 1.29 is 4.74 Å². The first kappa shape index (κ1) is 17.7. The molecule has 2 heterocycles. The molecule has 0 radical (unpaired) electrons. The summed E-state index contributed by atoms with van der Waals surface area (Å²) in [5.74, 6) is 2.42. The maximum Gasteiger partial charge on any atom is 0.276 e. The normalized spacial score (nSPS) is 14.1. The number of H-pyrrole nitrogens is 1. The molecule has 0 saturated heterocycles. The van der Waals surface area contributed by atoms with Gasteiger partial charge in [0.15, 0.2) is 5.82 Å². The van der Waals surface area contributed by atoms with Gasteiger partial charge in [0.05, 0.1) is 5.69 Å². The van der Waals surface area contributed by atoms with Crippen molar-refractivity contribution in [3.63, 3.8) is 0 Å². The molecule has 4 aromatic rings. The summed E-state index contributed by atoms with van der Waals surface area (Å²) in [7, 11) is 0. The van der Waals surface area contributed by atoms with Crippen LogP contribution in [0, 0.1) is 6.92 Å². The van der Waals surface area contributed by atoms with Crippen LogP contribution in [0.4, 0.5) is 0 Å². The van der Waals surface area contributed by atoms with E-state index in [1.165, 1.54) is 41.0 Å². The molecule has 1 saturated carbocycles. The third kappa shape index (κ3) is 3.31. The lowest BCUT2D eigenvalue weighted by Crippen LogP contribution is -2.17. The van der Waals surface area contributed by atoms with Gasteiger partial charge >= 0.3 is 0 Å². The van der Waals surface area contributed by atoms with Crippen LogP contribution in [0.1, 0.15) is 42.0 Å². The van der Waals surface area contributed by atoms with E-state index in [0.717, 1.165) is 11.3 Å². The van der Waals surface area contributed by atoms with E-state index in [0.29, 0.717) is 23.2 Å².